The number of benzene rings is 1. The van der Waals surface area contributed by atoms with Gasteiger partial charge in [0.05, 0.1) is 4.90 Å². The number of nitrogens with one attached hydrogen (secondary N) is 1. The van der Waals surface area contributed by atoms with Gasteiger partial charge in [-0.2, -0.15) is 0 Å². The van der Waals surface area contributed by atoms with Gasteiger partial charge in [-0.05, 0) is 25.0 Å². The molecule has 1 aliphatic heterocycles. The zero-order valence-electron chi connectivity index (χ0n) is 11.4. The molecule has 1 aromatic rings. The van der Waals surface area contributed by atoms with Crippen LogP contribution in [0.2, 0.25) is 0 Å². The Morgan fingerprint density at radius 1 is 1.25 bits per heavy atom. The van der Waals surface area contributed by atoms with Crippen molar-refractivity contribution >= 4 is 26.0 Å². The Labute approximate surface area is 127 Å². The zero-order valence-corrected chi connectivity index (χ0v) is 13.8. The van der Waals surface area contributed by atoms with Crippen LogP contribution < -0.4 is 14.2 Å². The lowest BCUT2D eigenvalue weighted by molar-refractivity contribution is 0.171. The van der Waals surface area contributed by atoms with Gasteiger partial charge in [-0.25, -0.2) is 13.1 Å². The fourth-order valence-corrected chi connectivity index (χ4v) is 3.68. The van der Waals surface area contributed by atoms with Crippen LogP contribution in [0.1, 0.15) is 13.8 Å². The topological polar surface area (TPSA) is 64.6 Å². The summed E-state index contributed by atoms with van der Waals surface area (Å²) in [5.74, 6) is 1.25. The summed E-state index contributed by atoms with van der Waals surface area (Å²) in [4.78, 5) is 0.190. The standard InChI is InChI=1S/C13H18BrNO4S/c1-9(8-14)10(2)15-20(16,17)11-3-4-12-13(7-11)19-6-5-18-12/h3-4,7,9-10,15H,5-6,8H2,1-2H3. The molecule has 0 aromatic heterocycles. The van der Waals surface area contributed by atoms with Crippen LogP contribution in [0.5, 0.6) is 11.5 Å². The minimum Gasteiger partial charge on any atom is -0.486 e. The Balaban J connectivity index is 2.21. The second-order valence-electron chi connectivity index (χ2n) is 4.85. The summed E-state index contributed by atoms with van der Waals surface area (Å²) < 4.78 is 38.1. The summed E-state index contributed by atoms with van der Waals surface area (Å²) in [6.07, 6.45) is 0. The van der Waals surface area contributed by atoms with Crippen molar-refractivity contribution in [2.45, 2.75) is 24.8 Å². The highest BCUT2D eigenvalue weighted by molar-refractivity contribution is 9.09. The van der Waals surface area contributed by atoms with E-state index < -0.39 is 10.0 Å². The van der Waals surface area contributed by atoms with E-state index >= 15 is 0 Å². The SMILES string of the molecule is CC(CBr)C(C)NS(=O)(=O)c1ccc2c(c1)OCCO2. The third-order valence-electron chi connectivity index (χ3n) is 3.26. The second kappa shape index (κ2) is 6.32. The van der Waals surface area contributed by atoms with E-state index in [1.807, 2.05) is 13.8 Å². The number of hydrogen-bond donors (Lipinski definition) is 1. The average molecular weight is 364 g/mol. The molecule has 0 fully saturated rings. The lowest BCUT2D eigenvalue weighted by Gasteiger charge is -2.21. The largest absolute Gasteiger partial charge is 0.486 e. The molecule has 2 atom stereocenters. The third-order valence-corrected chi connectivity index (χ3v) is 5.84. The van der Waals surface area contributed by atoms with Gasteiger partial charge < -0.3 is 9.47 Å². The molecule has 1 aromatic carbocycles. The number of alkyl halides is 1. The summed E-state index contributed by atoms with van der Waals surface area (Å²) in [5, 5.41) is 0.734. The van der Waals surface area contributed by atoms with Crippen LogP contribution in [-0.2, 0) is 10.0 Å². The van der Waals surface area contributed by atoms with Crippen LogP contribution in [0.15, 0.2) is 23.1 Å². The van der Waals surface area contributed by atoms with Crippen LogP contribution in [0.4, 0.5) is 0 Å². The maximum atomic E-state index is 12.3. The Morgan fingerprint density at radius 3 is 2.55 bits per heavy atom. The van der Waals surface area contributed by atoms with Crippen molar-refractivity contribution in [3.05, 3.63) is 18.2 Å². The highest BCUT2D eigenvalue weighted by Gasteiger charge is 2.23. The van der Waals surface area contributed by atoms with Crippen molar-refractivity contribution in [3.8, 4) is 11.5 Å². The van der Waals surface area contributed by atoms with Gasteiger partial charge in [0.15, 0.2) is 11.5 Å². The van der Waals surface area contributed by atoms with Crippen molar-refractivity contribution in [2.24, 2.45) is 5.92 Å². The number of hydrogen-bond acceptors (Lipinski definition) is 4. The van der Waals surface area contributed by atoms with Gasteiger partial charge in [0.1, 0.15) is 13.2 Å². The Bertz CT molecular complexity index is 576. The molecule has 0 saturated heterocycles. The first-order chi connectivity index (χ1) is 9.44. The van der Waals surface area contributed by atoms with E-state index in [1.165, 1.54) is 12.1 Å². The monoisotopic (exact) mass is 363 g/mol. The molecule has 0 saturated carbocycles. The van der Waals surface area contributed by atoms with Crippen LogP contribution in [0.25, 0.3) is 0 Å². The summed E-state index contributed by atoms with van der Waals surface area (Å²) in [5.41, 5.74) is 0. The first-order valence-corrected chi connectivity index (χ1v) is 9.02. The molecule has 1 heterocycles. The van der Waals surface area contributed by atoms with E-state index in [-0.39, 0.29) is 16.9 Å². The molecule has 20 heavy (non-hydrogen) atoms. The Kier molecular flexibility index (Phi) is 4.93. The molecule has 0 amide bonds. The van der Waals surface area contributed by atoms with Crippen molar-refractivity contribution < 1.29 is 17.9 Å². The fraction of sp³-hybridized carbons (Fsp3) is 0.538. The predicted octanol–water partition coefficient (Wildman–Crippen LogP) is 2.16. The van der Waals surface area contributed by atoms with Gasteiger partial charge in [-0.1, -0.05) is 22.9 Å². The predicted molar refractivity (Wildman–Crippen MR) is 80.2 cm³/mol. The van der Waals surface area contributed by atoms with E-state index in [0.717, 1.165) is 5.33 Å². The highest BCUT2D eigenvalue weighted by atomic mass is 79.9. The number of halogens is 1. The van der Waals surface area contributed by atoms with E-state index in [1.54, 1.807) is 6.07 Å². The fourth-order valence-electron chi connectivity index (χ4n) is 1.75. The van der Waals surface area contributed by atoms with Crippen molar-refractivity contribution in [1.29, 1.82) is 0 Å². The lowest BCUT2D eigenvalue weighted by atomic mass is 10.1. The quantitative estimate of drug-likeness (QED) is 0.814. The maximum absolute atomic E-state index is 12.3. The zero-order chi connectivity index (χ0) is 14.8. The summed E-state index contributed by atoms with van der Waals surface area (Å²) in [6, 6.07) is 4.50. The molecule has 5 nitrogen and oxygen atoms in total. The summed E-state index contributed by atoms with van der Waals surface area (Å²) in [6.45, 7) is 4.74. The molecule has 2 rings (SSSR count). The Hall–Kier alpha value is -0.790. The molecule has 1 aliphatic rings. The minimum atomic E-state index is -3.55. The molecule has 0 bridgehead atoms. The molecule has 2 unspecified atom stereocenters. The van der Waals surface area contributed by atoms with Gasteiger partial charge in [-0.15, -0.1) is 0 Å². The van der Waals surface area contributed by atoms with Gasteiger partial charge in [0.25, 0.3) is 0 Å². The van der Waals surface area contributed by atoms with Gasteiger partial charge in [0.2, 0.25) is 10.0 Å². The molecule has 0 aliphatic carbocycles. The van der Waals surface area contributed by atoms with Crippen molar-refractivity contribution in [3.63, 3.8) is 0 Å². The molecule has 1 N–H and O–H groups in total. The average Bonchev–Trinajstić information content (AvgIpc) is 2.45. The second-order valence-corrected chi connectivity index (χ2v) is 7.21. The minimum absolute atomic E-state index is 0.160. The van der Waals surface area contributed by atoms with Gasteiger partial charge in [0, 0.05) is 17.4 Å². The Morgan fingerprint density at radius 2 is 1.90 bits per heavy atom. The van der Waals surface area contributed by atoms with E-state index in [4.69, 9.17) is 9.47 Å². The van der Waals surface area contributed by atoms with E-state index in [9.17, 15) is 8.42 Å². The maximum Gasteiger partial charge on any atom is 0.240 e. The first kappa shape index (κ1) is 15.6. The summed E-state index contributed by atoms with van der Waals surface area (Å²) >= 11 is 3.36. The van der Waals surface area contributed by atoms with Crippen molar-refractivity contribution in [2.75, 3.05) is 18.5 Å². The molecular weight excluding hydrogens is 346 g/mol. The molecule has 112 valence electrons. The van der Waals surface area contributed by atoms with Crippen molar-refractivity contribution in [1.82, 2.24) is 4.72 Å². The number of sulfonamides is 1. The summed E-state index contributed by atoms with van der Waals surface area (Å²) in [7, 11) is -3.55. The van der Waals surface area contributed by atoms with Crippen LogP contribution >= 0.6 is 15.9 Å². The molecule has 0 radical (unpaired) electrons. The van der Waals surface area contributed by atoms with Crippen LogP contribution in [0.3, 0.4) is 0 Å². The number of ether oxygens (including phenoxy) is 2. The van der Waals surface area contributed by atoms with Crippen LogP contribution in [-0.4, -0.2) is 33.0 Å². The smallest absolute Gasteiger partial charge is 0.240 e. The number of rotatable bonds is 5. The lowest BCUT2D eigenvalue weighted by Crippen LogP contribution is -2.37. The molecule has 7 heteroatoms. The van der Waals surface area contributed by atoms with Gasteiger partial charge >= 0.3 is 0 Å². The normalized spacial score (nSPS) is 17.6. The number of fused-ring (bicyclic) bond motifs is 1. The third kappa shape index (κ3) is 3.45. The van der Waals surface area contributed by atoms with Gasteiger partial charge in [-0.3, -0.25) is 0 Å². The molecule has 0 spiro atoms. The first-order valence-electron chi connectivity index (χ1n) is 6.42. The molecular formula is C13H18BrNO4S. The highest BCUT2D eigenvalue weighted by Crippen LogP contribution is 2.32. The van der Waals surface area contributed by atoms with Crippen LogP contribution in [0, 0.1) is 5.92 Å². The van der Waals surface area contributed by atoms with E-state index in [0.29, 0.717) is 24.7 Å². The van der Waals surface area contributed by atoms with E-state index in [2.05, 4.69) is 20.7 Å².